The zero-order chi connectivity index (χ0) is 19.2. The first-order chi connectivity index (χ1) is 12.2. The van der Waals surface area contributed by atoms with Crippen LogP contribution in [0.1, 0.15) is 20.8 Å². The molecule has 0 radical (unpaired) electrons. The van der Waals surface area contributed by atoms with Crippen molar-refractivity contribution in [3.05, 3.63) is 43.2 Å². The molecule has 0 aromatic carbocycles. The van der Waals surface area contributed by atoms with Crippen LogP contribution in [0, 0.1) is 13.8 Å². The molecule has 0 unspecified atom stereocenters. The molecule has 0 bridgehead atoms. The molecule has 10 heteroatoms. The van der Waals surface area contributed by atoms with Crippen molar-refractivity contribution in [1.82, 2.24) is 19.1 Å². The number of hydrogen-bond donors (Lipinski definition) is 1. The third kappa shape index (κ3) is 2.84. The lowest BCUT2D eigenvalue weighted by Gasteiger charge is -2.10. The number of ketones is 1. The number of thioether (sulfide) groups is 1. The van der Waals surface area contributed by atoms with Gasteiger partial charge in [-0.05, 0) is 19.4 Å². The first-order valence-corrected chi connectivity index (χ1v) is 9.46. The molecule has 0 amide bonds. The number of carbonyl (C=O) groups is 1. The minimum absolute atomic E-state index is 0.0158. The fourth-order valence-electron chi connectivity index (χ4n) is 2.59. The zero-order valence-electron chi connectivity index (χ0n) is 14.7. The van der Waals surface area contributed by atoms with E-state index in [0.717, 1.165) is 29.8 Å². The number of rotatable bonds is 4. The Balaban J connectivity index is 1.97. The second kappa shape index (κ2) is 6.69. The van der Waals surface area contributed by atoms with Gasteiger partial charge in [-0.2, -0.15) is 0 Å². The van der Waals surface area contributed by atoms with Gasteiger partial charge in [0, 0.05) is 24.4 Å². The maximum Gasteiger partial charge on any atom is 0.332 e. The van der Waals surface area contributed by atoms with Gasteiger partial charge in [-0.25, -0.2) is 14.8 Å². The van der Waals surface area contributed by atoms with Gasteiger partial charge in [-0.3, -0.25) is 18.7 Å². The Morgan fingerprint density at radius 2 is 1.92 bits per heavy atom. The highest BCUT2D eigenvalue weighted by atomic mass is 32.2. The SMILES string of the molecule is Cc1sc2ncnc(SCC(=O)c3c(N)n(C)c(=O)n(C)c3=O)c2c1C. The lowest BCUT2D eigenvalue weighted by molar-refractivity contribution is 0.102. The normalized spacial score (nSPS) is 11.2. The van der Waals surface area contributed by atoms with Crippen LogP contribution < -0.4 is 17.0 Å². The number of aryl methyl sites for hydroxylation is 2. The van der Waals surface area contributed by atoms with E-state index in [0.29, 0.717) is 5.03 Å². The molecule has 0 fully saturated rings. The summed E-state index contributed by atoms with van der Waals surface area (Å²) in [5.41, 5.74) is 5.48. The highest BCUT2D eigenvalue weighted by Gasteiger charge is 2.21. The summed E-state index contributed by atoms with van der Waals surface area (Å²) in [4.78, 5) is 47.3. The average molecular weight is 391 g/mol. The van der Waals surface area contributed by atoms with E-state index in [1.165, 1.54) is 32.2 Å². The average Bonchev–Trinajstić information content (AvgIpc) is 2.91. The van der Waals surface area contributed by atoms with Crippen LogP contribution in [-0.4, -0.2) is 30.6 Å². The summed E-state index contributed by atoms with van der Waals surface area (Å²) < 4.78 is 1.97. The van der Waals surface area contributed by atoms with Crippen molar-refractivity contribution in [2.24, 2.45) is 14.1 Å². The number of aromatic nitrogens is 4. The monoisotopic (exact) mass is 391 g/mol. The van der Waals surface area contributed by atoms with Crippen molar-refractivity contribution in [2.45, 2.75) is 18.9 Å². The molecule has 0 atom stereocenters. The summed E-state index contributed by atoms with van der Waals surface area (Å²) in [5.74, 6) is -0.586. The van der Waals surface area contributed by atoms with Crippen LogP contribution >= 0.6 is 23.1 Å². The van der Waals surface area contributed by atoms with E-state index in [2.05, 4.69) is 9.97 Å². The molecule has 0 saturated carbocycles. The number of nitrogen functional groups attached to an aromatic ring is 1. The molecule has 136 valence electrons. The lowest BCUT2D eigenvalue weighted by Crippen LogP contribution is -2.41. The Hall–Kier alpha value is -2.46. The van der Waals surface area contributed by atoms with E-state index < -0.39 is 17.0 Å². The summed E-state index contributed by atoms with van der Waals surface area (Å²) in [6.45, 7) is 4.00. The molecule has 3 heterocycles. The molecule has 8 nitrogen and oxygen atoms in total. The van der Waals surface area contributed by atoms with E-state index in [4.69, 9.17) is 5.73 Å². The van der Waals surface area contributed by atoms with Gasteiger partial charge >= 0.3 is 5.69 Å². The van der Waals surface area contributed by atoms with Crippen molar-refractivity contribution in [3.63, 3.8) is 0 Å². The summed E-state index contributed by atoms with van der Waals surface area (Å²) in [6, 6.07) is 0. The van der Waals surface area contributed by atoms with Crippen molar-refractivity contribution < 1.29 is 4.79 Å². The maximum atomic E-state index is 12.6. The molecule has 0 saturated heterocycles. The minimum atomic E-state index is -0.688. The lowest BCUT2D eigenvalue weighted by atomic mass is 10.2. The van der Waals surface area contributed by atoms with E-state index in [9.17, 15) is 14.4 Å². The highest BCUT2D eigenvalue weighted by Crippen LogP contribution is 2.34. The van der Waals surface area contributed by atoms with Crippen LogP contribution in [0.15, 0.2) is 20.9 Å². The Morgan fingerprint density at radius 3 is 2.62 bits per heavy atom. The molecule has 0 aliphatic rings. The number of nitrogens with zero attached hydrogens (tertiary/aromatic N) is 4. The fourth-order valence-corrected chi connectivity index (χ4v) is 4.58. The predicted octanol–water partition coefficient (Wildman–Crippen LogP) is 1.26. The molecule has 3 aromatic heterocycles. The van der Waals surface area contributed by atoms with Crippen LogP contribution in [-0.2, 0) is 14.1 Å². The number of thiophene rings is 1. The first-order valence-electron chi connectivity index (χ1n) is 7.66. The van der Waals surface area contributed by atoms with Crippen LogP contribution in [0.4, 0.5) is 5.82 Å². The van der Waals surface area contributed by atoms with Crippen LogP contribution in [0.2, 0.25) is 0 Å². The Labute approximate surface area is 156 Å². The Morgan fingerprint density at radius 1 is 1.23 bits per heavy atom. The van der Waals surface area contributed by atoms with E-state index in [1.807, 2.05) is 13.8 Å². The van der Waals surface area contributed by atoms with Gasteiger partial charge in [0.05, 0.1) is 5.75 Å². The highest BCUT2D eigenvalue weighted by molar-refractivity contribution is 8.00. The van der Waals surface area contributed by atoms with Gasteiger partial charge in [-0.1, -0.05) is 11.8 Å². The predicted molar refractivity (Wildman–Crippen MR) is 103 cm³/mol. The molecule has 0 spiro atoms. The van der Waals surface area contributed by atoms with E-state index in [-0.39, 0.29) is 17.1 Å². The molecule has 0 aliphatic carbocycles. The van der Waals surface area contributed by atoms with Crippen molar-refractivity contribution in [2.75, 3.05) is 11.5 Å². The standard InChI is InChI=1S/C16H17N5O3S2/c1-7-8(2)26-14-10(7)13(18-6-19-14)25-5-9(22)11-12(17)20(3)16(24)21(4)15(11)23/h6H,5,17H2,1-4H3. The summed E-state index contributed by atoms with van der Waals surface area (Å²) >= 11 is 2.80. The number of hydrogen-bond acceptors (Lipinski definition) is 8. The number of nitrogens with two attached hydrogens (primary N) is 1. The van der Waals surface area contributed by atoms with Crippen LogP contribution in [0.3, 0.4) is 0 Å². The molecule has 0 aliphatic heterocycles. The van der Waals surface area contributed by atoms with Crippen LogP contribution in [0.25, 0.3) is 10.2 Å². The minimum Gasteiger partial charge on any atom is -0.384 e. The van der Waals surface area contributed by atoms with Gasteiger partial charge in [0.2, 0.25) is 0 Å². The quantitative estimate of drug-likeness (QED) is 0.405. The van der Waals surface area contributed by atoms with Crippen molar-refractivity contribution >= 4 is 44.9 Å². The van der Waals surface area contributed by atoms with Gasteiger partial charge in [-0.15, -0.1) is 11.3 Å². The van der Waals surface area contributed by atoms with Gasteiger partial charge in [0.1, 0.15) is 27.6 Å². The number of fused-ring (bicyclic) bond motifs is 1. The largest absolute Gasteiger partial charge is 0.384 e. The van der Waals surface area contributed by atoms with Crippen molar-refractivity contribution in [1.29, 1.82) is 0 Å². The molecule has 2 N–H and O–H groups in total. The number of anilines is 1. The van der Waals surface area contributed by atoms with Crippen molar-refractivity contribution in [3.8, 4) is 0 Å². The second-order valence-corrected chi connectivity index (χ2v) is 7.99. The molecule has 3 aromatic rings. The third-order valence-electron chi connectivity index (χ3n) is 4.26. The molecule has 3 rings (SSSR count). The summed E-state index contributed by atoms with van der Waals surface area (Å²) in [5, 5.41) is 1.61. The summed E-state index contributed by atoms with van der Waals surface area (Å²) in [6.07, 6.45) is 1.46. The van der Waals surface area contributed by atoms with Gasteiger partial charge in [0.15, 0.2) is 5.78 Å². The first kappa shape index (κ1) is 18.3. The Bertz CT molecular complexity index is 1160. The van der Waals surface area contributed by atoms with E-state index in [1.54, 1.807) is 11.3 Å². The van der Waals surface area contributed by atoms with E-state index >= 15 is 0 Å². The second-order valence-electron chi connectivity index (χ2n) is 5.82. The van der Waals surface area contributed by atoms with Crippen LogP contribution in [0.5, 0.6) is 0 Å². The van der Waals surface area contributed by atoms with Gasteiger partial charge in [0.25, 0.3) is 5.56 Å². The smallest absolute Gasteiger partial charge is 0.332 e. The Kier molecular flexibility index (Phi) is 4.72. The number of Topliss-reactive ketones (excluding diaryl/α,β-unsaturated/α-hetero) is 1. The topological polar surface area (TPSA) is 113 Å². The van der Waals surface area contributed by atoms with Gasteiger partial charge < -0.3 is 5.73 Å². The zero-order valence-corrected chi connectivity index (χ0v) is 16.3. The number of carbonyl (C=O) groups excluding carboxylic acids is 1. The molecule has 26 heavy (non-hydrogen) atoms. The molecular formula is C16H17N5O3S2. The maximum absolute atomic E-state index is 12.6. The third-order valence-corrected chi connectivity index (χ3v) is 6.36. The molecular weight excluding hydrogens is 374 g/mol. The summed E-state index contributed by atoms with van der Waals surface area (Å²) in [7, 11) is 2.74. The fraction of sp³-hybridized carbons (Fsp3) is 0.312.